The molecule has 0 aromatic heterocycles. The summed E-state index contributed by atoms with van der Waals surface area (Å²) in [6.45, 7) is 4.16. The molecule has 0 aliphatic carbocycles. The smallest absolute Gasteiger partial charge is 0.112 e. The van der Waals surface area contributed by atoms with Crippen LogP contribution in [0.5, 0.6) is 0 Å². The van der Waals surface area contributed by atoms with E-state index in [1.165, 1.54) is 0 Å². The molecule has 0 spiro atoms. The van der Waals surface area contributed by atoms with Crippen molar-refractivity contribution in [2.24, 2.45) is 0 Å². The van der Waals surface area contributed by atoms with Crippen molar-refractivity contribution in [3.05, 3.63) is 0 Å². The topological polar surface area (TPSA) is 25.1 Å². The highest BCUT2D eigenvalue weighted by Crippen LogP contribution is 2.37. The molecule has 0 bridgehead atoms. The number of epoxide rings is 2. The average Bonchev–Trinajstić information content (AvgIpc) is 2.47. The summed E-state index contributed by atoms with van der Waals surface area (Å²) in [4.78, 5) is 0. The number of rotatable bonds is 1. The van der Waals surface area contributed by atoms with E-state index in [0.717, 1.165) is 0 Å². The predicted molar refractivity (Wildman–Crippen MR) is 28.7 cm³/mol. The summed E-state index contributed by atoms with van der Waals surface area (Å²) in [6.07, 6.45) is 1.80. The minimum absolute atomic E-state index is 0.435. The molecule has 0 aromatic carbocycles. The zero-order valence-electron chi connectivity index (χ0n) is 5.13. The molecule has 2 nitrogen and oxygen atoms in total. The van der Waals surface area contributed by atoms with E-state index >= 15 is 0 Å². The maximum absolute atomic E-state index is 5.19. The molecule has 2 heterocycles. The van der Waals surface area contributed by atoms with Gasteiger partial charge in [0.15, 0.2) is 0 Å². The Morgan fingerprint density at radius 1 is 0.875 bits per heavy atom. The predicted octanol–water partition coefficient (Wildman–Crippen LogP) is 0.561. The fraction of sp³-hybridized carbons (Fsp3) is 1.00. The van der Waals surface area contributed by atoms with Gasteiger partial charge in [-0.25, -0.2) is 0 Å². The minimum Gasteiger partial charge on any atom is -0.367 e. The van der Waals surface area contributed by atoms with Gasteiger partial charge < -0.3 is 9.47 Å². The molecule has 2 fully saturated rings. The van der Waals surface area contributed by atoms with Gasteiger partial charge in [0.1, 0.15) is 12.2 Å². The summed E-state index contributed by atoms with van der Waals surface area (Å²) in [6, 6.07) is 0. The average molecular weight is 114 g/mol. The quantitative estimate of drug-likeness (QED) is 0.465. The van der Waals surface area contributed by atoms with E-state index in [9.17, 15) is 0 Å². The first-order valence-electron chi connectivity index (χ1n) is 3.10. The molecule has 46 valence electrons. The van der Waals surface area contributed by atoms with E-state index in [0.29, 0.717) is 24.4 Å². The van der Waals surface area contributed by atoms with Crippen molar-refractivity contribution in [2.45, 2.75) is 38.3 Å². The standard InChI is InChI=1S/C6H10O2/c1-3-5(7-3)6-4(2)8-6/h3-6H,1-2H3/t3-,4+,5+,6-. The molecule has 8 heavy (non-hydrogen) atoms. The van der Waals surface area contributed by atoms with Crippen molar-refractivity contribution in [2.75, 3.05) is 0 Å². The van der Waals surface area contributed by atoms with Crippen LogP contribution in [0.15, 0.2) is 0 Å². The lowest BCUT2D eigenvalue weighted by Crippen LogP contribution is -2.01. The number of hydrogen-bond acceptors (Lipinski definition) is 2. The molecule has 2 rings (SSSR count). The van der Waals surface area contributed by atoms with Crippen molar-refractivity contribution in [1.29, 1.82) is 0 Å². The van der Waals surface area contributed by atoms with Gasteiger partial charge in [-0.3, -0.25) is 0 Å². The molecule has 0 radical (unpaired) electrons. The molecule has 2 aliphatic rings. The van der Waals surface area contributed by atoms with E-state index < -0.39 is 0 Å². The lowest BCUT2D eigenvalue weighted by molar-refractivity contribution is 0.311. The van der Waals surface area contributed by atoms with Gasteiger partial charge in [0.25, 0.3) is 0 Å². The zero-order valence-corrected chi connectivity index (χ0v) is 5.13. The van der Waals surface area contributed by atoms with Crippen LogP contribution < -0.4 is 0 Å². The van der Waals surface area contributed by atoms with Gasteiger partial charge in [0, 0.05) is 0 Å². The highest BCUT2D eigenvalue weighted by atomic mass is 16.7. The normalized spacial score (nSPS) is 60.8. The molecular weight excluding hydrogens is 104 g/mol. The van der Waals surface area contributed by atoms with Crippen LogP contribution in [0.4, 0.5) is 0 Å². The Labute approximate surface area is 48.8 Å². The molecule has 2 saturated heterocycles. The Kier molecular flexibility index (Phi) is 0.746. The van der Waals surface area contributed by atoms with Gasteiger partial charge in [0.2, 0.25) is 0 Å². The SMILES string of the molecule is C[C@@H]1O[C@H]1[C@H]1O[C@@H]1C. The molecule has 0 amide bonds. The second-order valence-electron chi connectivity index (χ2n) is 2.61. The summed E-state index contributed by atoms with van der Waals surface area (Å²) in [5.41, 5.74) is 0. The highest BCUT2D eigenvalue weighted by Gasteiger charge is 2.53. The van der Waals surface area contributed by atoms with Crippen LogP contribution in [0.2, 0.25) is 0 Å². The first kappa shape index (κ1) is 4.77. The van der Waals surface area contributed by atoms with Gasteiger partial charge in [0.05, 0.1) is 12.2 Å². The minimum atomic E-state index is 0.435. The van der Waals surface area contributed by atoms with E-state index in [2.05, 4.69) is 13.8 Å². The summed E-state index contributed by atoms with van der Waals surface area (Å²) in [5.74, 6) is 0. The molecule has 0 unspecified atom stereocenters. The van der Waals surface area contributed by atoms with Gasteiger partial charge in [-0.05, 0) is 13.8 Å². The molecular formula is C6H10O2. The summed E-state index contributed by atoms with van der Waals surface area (Å²) in [5, 5.41) is 0. The van der Waals surface area contributed by atoms with Crippen molar-refractivity contribution in [3.8, 4) is 0 Å². The maximum atomic E-state index is 5.19. The van der Waals surface area contributed by atoms with Gasteiger partial charge in [-0.2, -0.15) is 0 Å². The van der Waals surface area contributed by atoms with Crippen LogP contribution in [-0.2, 0) is 9.47 Å². The molecule has 0 N–H and O–H groups in total. The first-order valence-corrected chi connectivity index (χ1v) is 3.10. The van der Waals surface area contributed by atoms with Crippen molar-refractivity contribution in [3.63, 3.8) is 0 Å². The van der Waals surface area contributed by atoms with Crippen LogP contribution in [0.3, 0.4) is 0 Å². The van der Waals surface area contributed by atoms with Crippen molar-refractivity contribution < 1.29 is 9.47 Å². The van der Waals surface area contributed by atoms with Crippen LogP contribution >= 0.6 is 0 Å². The third-order valence-corrected chi connectivity index (χ3v) is 1.84. The van der Waals surface area contributed by atoms with E-state index in [-0.39, 0.29) is 0 Å². The second-order valence-corrected chi connectivity index (χ2v) is 2.61. The van der Waals surface area contributed by atoms with Crippen molar-refractivity contribution in [1.82, 2.24) is 0 Å². The van der Waals surface area contributed by atoms with Crippen molar-refractivity contribution >= 4 is 0 Å². The number of hydrogen-bond donors (Lipinski definition) is 0. The number of ether oxygens (including phenoxy) is 2. The molecule has 0 aromatic rings. The van der Waals surface area contributed by atoms with E-state index in [1.807, 2.05) is 0 Å². The van der Waals surface area contributed by atoms with Crippen LogP contribution in [0, 0.1) is 0 Å². The lowest BCUT2D eigenvalue weighted by Gasteiger charge is -1.75. The van der Waals surface area contributed by atoms with Crippen LogP contribution in [0.1, 0.15) is 13.8 Å². The molecule has 4 atom stereocenters. The first-order chi connectivity index (χ1) is 3.79. The maximum Gasteiger partial charge on any atom is 0.112 e. The second kappa shape index (κ2) is 1.25. The fourth-order valence-corrected chi connectivity index (χ4v) is 1.09. The van der Waals surface area contributed by atoms with E-state index in [4.69, 9.17) is 9.47 Å². The van der Waals surface area contributed by atoms with Crippen LogP contribution in [-0.4, -0.2) is 24.4 Å². The highest BCUT2D eigenvalue weighted by molar-refractivity contribution is 4.98. The largest absolute Gasteiger partial charge is 0.367 e. The zero-order chi connectivity index (χ0) is 5.72. The Hall–Kier alpha value is -0.0800. The Morgan fingerprint density at radius 3 is 1.25 bits per heavy atom. The van der Waals surface area contributed by atoms with Gasteiger partial charge in [-0.1, -0.05) is 0 Å². The Bertz CT molecular complexity index is 99.1. The lowest BCUT2D eigenvalue weighted by atomic mass is 10.2. The molecule has 0 saturated carbocycles. The van der Waals surface area contributed by atoms with E-state index in [1.54, 1.807) is 0 Å². The molecule has 2 aliphatic heterocycles. The van der Waals surface area contributed by atoms with Crippen LogP contribution in [0.25, 0.3) is 0 Å². The third-order valence-electron chi connectivity index (χ3n) is 1.84. The Balaban J connectivity index is 1.86. The van der Waals surface area contributed by atoms with Gasteiger partial charge in [-0.15, -0.1) is 0 Å². The third kappa shape index (κ3) is 0.565. The van der Waals surface area contributed by atoms with Gasteiger partial charge >= 0.3 is 0 Å². The summed E-state index contributed by atoms with van der Waals surface area (Å²) < 4.78 is 10.4. The Morgan fingerprint density at radius 2 is 1.12 bits per heavy atom. The summed E-state index contributed by atoms with van der Waals surface area (Å²) >= 11 is 0. The summed E-state index contributed by atoms with van der Waals surface area (Å²) in [7, 11) is 0. The molecule has 2 heteroatoms. The fourth-order valence-electron chi connectivity index (χ4n) is 1.09. The monoisotopic (exact) mass is 114 g/mol.